The van der Waals surface area contributed by atoms with Crippen molar-refractivity contribution in [2.24, 2.45) is 0 Å². The van der Waals surface area contributed by atoms with E-state index in [1.807, 2.05) is 13.8 Å². The van der Waals surface area contributed by atoms with Crippen LogP contribution in [0.4, 0.5) is 0 Å². The highest BCUT2D eigenvalue weighted by Crippen LogP contribution is 2.16. The summed E-state index contributed by atoms with van der Waals surface area (Å²) < 4.78 is 20.7. The minimum atomic E-state index is -0.187. The summed E-state index contributed by atoms with van der Waals surface area (Å²) in [6, 6.07) is 0. The fourth-order valence-electron chi connectivity index (χ4n) is 5.40. The summed E-state index contributed by atoms with van der Waals surface area (Å²) >= 11 is 4.98. The van der Waals surface area contributed by atoms with Gasteiger partial charge in [-0.1, -0.05) is 172 Å². The van der Waals surface area contributed by atoms with E-state index in [2.05, 4.69) is 69.5 Å². The Labute approximate surface area is 297 Å². The van der Waals surface area contributed by atoms with Gasteiger partial charge in [0.15, 0.2) is 12.6 Å². The van der Waals surface area contributed by atoms with E-state index >= 15 is 0 Å². The van der Waals surface area contributed by atoms with Gasteiger partial charge in [0, 0.05) is 26.1 Å². The highest BCUT2D eigenvalue weighted by atomic mass is 127. The summed E-state index contributed by atoms with van der Waals surface area (Å²) in [6.45, 7) is 5.44. The molecule has 0 heterocycles. The van der Waals surface area contributed by atoms with Crippen molar-refractivity contribution in [3.8, 4) is 0 Å². The molecule has 0 saturated carbocycles. The molecule has 0 aromatic heterocycles. The number of hydrogen-bond acceptors (Lipinski definition) is 3. The Hall–Kier alpha value is 0.820. The average molecular weight is 831 g/mol. The Morgan fingerprint density at radius 3 is 0.977 bits per heavy atom. The molecule has 0 N–H and O–H groups in total. The summed E-state index contributed by atoms with van der Waals surface area (Å²) in [6.07, 6.45) is 43.3. The topological polar surface area (TPSA) is 27.7 Å². The lowest BCUT2D eigenvalue weighted by Crippen LogP contribution is -2.27. The molecule has 0 fully saturated rings. The van der Waals surface area contributed by atoms with Crippen LogP contribution in [0.2, 0.25) is 0 Å². The maximum Gasteiger partial charge on any atom is 0.161 e. The zero-order chi connectivity index (χ0) is 31.3. The normalized spacial score (nSPS) is 13.5. The van der Waals surface area contributed by atoms with Gasteiger partial charge in [-0.2, -0.15) is 0 Å². The molecule has 0 aliphatic heterocycles. The van der Waals surface area contributed by atoms with E-state index in [9.17, 15) is 0 Å². The van der Waals surface area contributed by atoms with Crippen LogP contribution in [0, 0.1) is 0 Å². The predicted octanol–water partition coefficient (Wildman–Crippen LogP) is 13.9. The van der Waals surface area contributed by atoms with Crippen LogP contribution < -0.4 is 0 Å². The van der Waals surface area contributed by atoms with Gasteiger partial charge in [-0.25, -0.2) is 0 Å². The average Bonchev–Trinajstić information content (AvgIpc) is 3.01. The number of halogens is 2. The number of unbranched alkanes of at least 4 members (excludes halogenated alkanes) is 20. The van der Waals surface area contributed by atoms with Gasteiger partial charge in [0.05, 0.1) is 0 Å². The minimum absolute atomic E-state index is 0.187. The second-order valence-electron chi connectivity index (χ2n) is 12.0. The fraction of sp³-hybridized carbons (Fsp3) is 0.895. The van der Waals surface area contributed by atoms with Crippen molar-refractivity contribution >= 4 is 45.2 Å². The highest BCUT2D eigenvalue weighted by molar-refractivity contribution is 14.1. The zero-order valence-electron chi connectivity index (χ0n) is 28.7. The zero-order valence-corrected chi connectivity index (χ0v) is 33.0. The third kappa shape index (κ3) is 35.5. The molecule has 0 aromatic carbocycles. The fourth-order valence-corrected chi connectivity index (χ4v) is 6.48. The van der Waals surface area contributed by atoms with Crippen molar-refractivity contribution in [2.45, 2.75) is 193 Å². The van der Waals surface area contributed by atoms with Crippen LogP contribution >= 0.6 is 45.2 Å². The first-order chi connectivity index (χ1) is 21.3. The molecule has 0 spiro atoms. The number of rotatable bonds is 36. The predicted molar refractivity (Wildman–Crippen MR) is 208 cm³/mol. The van der Waals surface area contributed by atoms with Gasteiger partial charge in [0.1, 0.15) is 0 Å². The molecular formula is C38H72I2O3. The Bertz CT molecular complexity index is 521. The summed E-state index contributed by atoms with van der Waals surface area (Å²) in [5, 5.41) is 0. The van der Waals surface area contributed by atoms with E-state index in [0.717, 1.165) is 25.7 Å². The first-order valence-corrected chi connectivity index (χ1v) is 21.6. The molecule has 0 radical (unpaired) electrons. The van der Waals surface area contributed by atoms with Crippen molar-refractivity contribution in [1.82, 2.24) is 0 Å². The van der Waals surface area contributed by atoms with Crippen LogP contribution in [-0.2, 0) is 14.2 Å². The van der Waals surface area contributed by atoms with Crippen molar-refractivity contribution in [3.05, 3.63) is 24.3 Å². The molecule has 0 bridgehead atoms. The van der Waals surface area contributed by atoms with Crippen LogP contribution in [0.5, 0.6) is 0 Å². The molecule has 256 valence electrons. The van der Waals surface area contributed by atoms with Crippen molar-refractivity contribution < 1.29 is 14.2 Å². The van der Waals surface area contributed by atoms with Gasteiger partial charge in [-0.15, -0.1) is 0 Å². The summed E-state index contributed by atoms with van der Waals surface area (Å²) in [5.74, 6) is 0. The second-order valence-corrected chi connectivity index (χ2v) is 14.2. The Balaban J connectivity index is 3.86. The molecule has 2 atom stereocenters. The van der Waals surface area contributed by atoms with Crippen molar-refractivity contribution in [1.29, 1.82) is 0 Å². The van der Waals surface area contributed by atoms with Gasteiger partial charge < -0.3 is 14.2 Å². The largest absolute Gasteiger partial charge is 0.353 e. The highest BCUT2D eigenvalue weighted by Gasteiger charge is 2.16. The van der Waals surface area contributed by atoms with Crippen LogP contribution in [-0.4, -0.2) is 34.6 Å². The molecule has 5 heteroatoms. The summed E-state index contributed by atoms with van der Waals surface area (Å²) in [7, 11) is 0. The van der Waals surface area contributed by atoms with Crippen molar-refractivity contribution in [3.63, 3.8) is 0 Å². The number of ether oxygens (including phenoxy) is 3. The molecule has 0 rings (SSSR count). The molecule has 43 heavy (non-hydrogen) atoms. The van der Waals surface area contributed by atoms with Gasteiger partial charge in [0.2, 0.25) is 0 Å². The molecule has 0 aliphatic rings. The summed E-state index contributed by atoms with van der Waals surface area (Å²) in [4.78, 5) is 0. The van der Waals surface area contributed by atoms with E-state index in [0.29, 0.717) is 13.2 Å². The molecule has 3 nitrogen and oxygen atoms in total. The molecule has 0 aromatic rings. The van der Waals surface area contributed by atoms with Crippen LogP contribution in [0.25, 0.3) is 0 Å². The third-order valence-electron chi connectivity index (χ3n) is 7.99. The first-order valence-electron chi connectivity index (χ1n) is 18.6. The van der Waals surface area contributed by atoms with E-state index in [-0.39, 0.29) is 12.6 Å². The minimum Gasteiger partial charge on any atom is -0.353 e. The Morgan fingerprint density at radius 1 is 0.395 bits per heavy atom. The lowest BCUT2D eigenvalue weighted by molar-refractivity contribution is -0.246. The van der Waals surface area contributed by atoms with Crippen LogP contribution in [0.3, 0.4) is 0 Å². The number of alkyl halides is 2. The van der Waals surface area contributed by atoms with E-state index in [1.54, 1.807) is 0 Å². The Kier molecular flexibility index (Phi) is 39.7. The molecule has 0 aliphatic carbocycles. The SMILES string of the molecule is CCOC(CCC=CCCCCCCCCCCCCI)OC(CCC=CCCCCCCCCCCCCI)OCC. The Morgan fingerprint density at radius 2 is 0.674 bits per heavy atom. The number of allylic oxidation sites excluding steroid dienone is 4. The lowest BCUT2D eigenvalue weighted by atomic mass is 10.1. The molecular weight excluding hydrogens is 758 g/mol. The smallest absolute Gasteiger partial charge is 0.161 e. The maximum absolute atomic E-state index is 6.26. The van der Waals surface area contributed by atoms with Crippen LogP contribution in [0.15, 0.2) is 24.3 Å². The van der Waals surface area contributed by atoms with Crippen LogP contribution in [0.1, 0.15) is 181 Å². The van der Waals surface area contributed by atoms with Gasteiger partial charge in [-0.05, 0) is 74.1 Å². The van der Waals surface area contributed by atoms with Gasteiger partial charge in [0.25, 0.3) is 0 Å². The maximum atomic E-state index is 6.26. The van der Waals surface area contributed by atoms with Crippen molar-refractivity contribution in [2.75, 3.05) is 22.1 Å². The van der Waals surface area contributed by atoms with Gasteiger partial charge in [-0.3, -0.25) is 0 Å². The van der Waals surface area contributed by atoms with E-state index in [1.165, 1.54) is 150 Å². The molecule has 2 unspecified atom stereocenters. The number of hydrogen-bond donors (Lipinski definition) is 0. The van der Waals surface area contributed by atoms with Gasteiger partial charge >= 0.3 is 0 Å². The molecule has 0 amide bonds. The first kappa shape index (κ1) is 43.8. The second kappa shape index (κ2) is 39.0. The summed E-state index contributed by atoms with van der Waals surface area (Å²) in [5.41, 5.74) is 0. The standard InChI is InChI=1S/C38H72I2O3/c1-3-41-37(33-29-25-21-17-13-9-5-7-11-15-19-23-27-31-35-39)43-38(42-4-2)34-30-26-22-18-14-10-6-8-12-16-20-24-28-32-36-40/h21-22,25-26,37-38H,3-20,23-24,27-36H2,1-2H3. The monoisotopic (exact) mass is 830 g/mol. The lowest BCUT2D eigenvalue weighted by Gasteiger charge is -2.24. The van der Waals surface area contributed by atoms with E-state index < -0.39 is 0 Å². The quantitative estimate of drug-likeness (QED) is 0.0207. The van der Waals surface area contributed by atoms with E-state index in [4.69, 9.17) is 14.2 Å². The third-order valence-corrected chi connectivity index (χ3v) is 9.51. The molecule has 0 saturated heterocycles.